The van der Waals surface area contributed by atoms with Crippen LogP contribution in [0.4, 0.5) is 21.7 Å². The summed E-state index contributed by atoms with van der Waals surface area (Å²) in [5.74, 6) is 0.271. The summed E-state index contributed by atoms with van der Waals surface area (Å²) in [6.45, 7) is 11.3. The Morgan fingerprint density at radius 1 is 0.957 bits per heavy atom. The standard InChI is InChI=1S/C36H42FN5O4/c1-24(2)45-31-14-6-7-15-32(31)46-35-28(34(43)40-33-25(3)12-10-13-26(33)4)23-38-36(41-35)39-27-16-17-30(29(37)22-27)44-21-11-20-42-18-8-5-9-19-42/h6-7,10,12-17,22-24H,5,8-9,11,18-21H2,1-4H3,(H,40,43)(H,38,39,41). The summed E-state index contributed by atoms with van der Waals surface area (Å²) in [5.41, 5.74) is 3.07. The number of hydrogen-bond donors (Lipinski definition) is 2. The van der Waals surface area contributed by atoms with Crippen LogP contribution in [0.2, 0.25) is 0 Å². The molecule has 9 nitrogen and oxygen atoms in total. The molecule has 1 aromatic heterocycles. The SMILES string of the molecule is Cc1cccc(C)c1NC(=O)c1cnc(Nc2ccc(OCCCN3CCCCC3)c(F)c2)nc1Oc1ccccc1OC(C)C. The molecule has 1 aliphatic heterocycles. The minimum Gasteiger partial charge on any atom is -0.490 e. The van der Waals surface area contributed by atoms with Crippen LogP contribution in [0.1, 0.15) is 61.0 Å². The lowest BCUT2D eigenvalue weighted by atomic mass is 10.1. The van der Waals surface area contributed by atoms with Gasteiger partial charge in [-0.3, -0.25) is 4.79 Å². The van der Waals surface area contributed by atoms with E-state index < -0.39 is 11.7 Å². The van der Waals surface area contributed by atoms with Gasteiger partial charge in [-0.2, -0.15) is 4.98 Å². The van der Waals surface area contributed by atoms with Gasteiger partial charge < -0.3 is 29.7 Å². The number of para-hydroxylation sites is 3. The first-order valence-electron chi connectivity index (χ1n) is 15.9. The zero-order valence-electron chi connectivity index (χ0n) is 26.9. The molecule has 0 spiro atoms. The molecule has 0 unspecified atom stereocenters. The monoisotopic (exact) mass is 627 g/mol. The summed E-state index contributed by atoms with van der Waals surface area (Å²) in [7, 11) is 0. The van der Waals surface area contributed by atoms with E-state index >= 15 is 0 Å². The topological polar surface area (TPSA) is 97.8 Å². The molecule has 1 fully saturated rings. The third kappa shape index (κ3) is 8.72. The van der Waals surface area contributed by atoms with E-state index in [-0.39, 0.29) is 29.2 Å². The lowest BCUT2D eigenvalue weighted by Crippen LogP contribution is -2.31. The van der Waals surface area contributed by atoms with Gasteiger partial charge in [0, 0.05) is 30.2 Å². The Morgan fingerprint density at radius 3 is 2.41 bits per heavy atom. The van der Waals surface area contributed by atoms with Crippen LogP contribution >= 0.6 is 0 Å². The molecule has 0 aliphatic carbocycles. The highest BCUT2D eigenvalue weighted by Crippen LogP contribution is 2.34. The van der Waals surface area contributed by atoms with Crippen molar-refractivity contribution in [2.45, 2.75) is 59.5 Å². The first kappa shape index (κ1) is 32.7. The summed E-state index contributed by atoms with van der Waals surface area (Å²) in [5, 5.41) is 6.00. The molecular formula is C36H42FN5O4. The molecule has 10 heteroatoms. The number of likely N-dealkylation sites (tertiary alicyclic amines) is 1. The molecule has 242 valence electrons. The Bertz CT molecular complexity index is 1620. The summed E-state index contributed by atoms with van der Waals surface area (Å²) < 4.78 is 32.8. The fourth-order valence-electron chi connectivity index (χ4n) is 5.32. The molecule has 5 rings (SSSR count). The van der Waals surface area contributed by atoms with E-state index in [4.69, 9.17) is 14.2 Å². The predicted molar refractivity (Wildman–Crippen MR) is 178 cm³/mol. The second-order valence-electron chi connectivity index (χ2n) is 11.7. The average molecular weight is 628 g/mol. The number of hydrogen-bond acceptors (Lipinski definition) is 8. The molecule has 0 atom stereocenters. The number of nitrogens with zero attached hydrogens (tertiary/aromatic N) is 3. The maximum atomic E-state index is 15.0. The van der Waals surface area contributed by atoms with Gasteiger partial charge in [0.15, 0.2) is 23.1 Å². The fraction of sp³-hybridized carbons (Fsp3) is 0.361. The number of amides is 1. The van der Waals surface area contributed by atoms with E-state index in [1.165, 1.54) is 31.5 Å². The van der Waals surface area contributed by atoms with Gasteiger partial charge >= 0.3 is 0 Å². The quantitative estimate of drug-likeness (QED) is 0.144. The minimum atomic E-state index is -0.496. The zero-order chi connectivity index (χ0) is 32.5. The maximum Gasteiger partial charge on any atom is 0.262 e. The highest BCUT2D eigenvalue weighted by molar-refractivity contribution is 6.06. The fourth-order valence-corrected chi connectivity index (χ4v) is 5.32. The van der Waals surface area contributed by atoms with Gasteiger partial charge in [0.2, 0.25) is 11.8 Å². The number of benzene rings is 3. The smallest absolute Gasteiger partial charge is 0.262 e. The van der Waals surface area contributed by atoms with Crippen molar-refractivity contribution in [1.82, 2.24) is 14.9 Å². The number of aryl methyl sites for hydroxylation is 2. The molecule has 1 aliphatic rings. The summed E-state index contributed by atoms with van der Waals surface area (Å²) >= 11 is 0. The van der Waals surface area contributed by atoms with E-state index in [1.807, 2.05) is 52.0 Å². The van der Waals surface area contributed by atoms with Gasteiger partial charge in [0.1, 0.15) is 5.56 Å². The van der Waals surface area contributed by atoms with E-state index in [1.54, 1.807) is 30.3 Å². The van der Waals surface area contributed by atoms with Crippen molar-refractivity contribution in [2.75, 3.05) is 36.9 Å². The Morgan fingerprint density at radius 2 is 1.70 bits per heavy atom. The number of aromatic nitrogens is 2. The van der Waals surface area contributed by atoms with E-state index in [0.717, 1.165) is 37.2 Å². The molecule has 0 saturated carbocycles. The highest BCUT2D eigenvalue weighted by atomic mass is 19.1. The molecule has 1 amide bonds. The Kier molecular flexibility index (Phi) is 11.0. The summed E-state index contributed by atoms with van der Waals surface area (Å²) in [4.78, 5) is 24.9. The molecule has 1 saturated heterocycles. The zero-order valence-corrected chi connectivity index (χ0v) is 26.9. The van der Waals surface area contributed by atoms with Gasteiger partial charge in [-0.1, -0.05) is 36.8 Å². The number of nitrogens with one attached hydrogen (secondary N) is 2. The van der Waals surface area contributed by atoms with Crippen LogP contribution in [-0.2, 0) is 0 Å². The highest BCUT2D eigenvalue weighted by Gasteiger charge is 2.21. The van der Waals surface area contributed by atoms with Crippen LogP contribution < -0.4 is 24.8 Å². The van der Waals surface area contributed by atoms with E-state index in [0.29, 0.717) is 29.5 Å². The number of carbonyl (C=O) groups excluding carboxylic acids is 1. The van der Waals surface area contributed by atoms with Gasteiger partial charge in [0.25, 0.3) is 5.91 Å². The third-order valence-corrected chi connectivity index (χ3v) is 7.65. The van der Waals surface area contributed by atoms with Crippen LogP contribution in [0.5, 0.6) is 23.1 Å². The molecule has 46 heavy (non-hydrogen) atoms. The van der Waals surface area contributed by atoms with Gasteiger partial charge in [-0.15, -0.1) is 0 Å². The van der Waals surface area contributed by atoms with E-state index in [2.05, 4.69) is 25.5 Å². The van der Waals surface area contributed by atoms with Crippen LogP contribution in [-0.4, -0.2) is 53.1 Å². The second-order valence-corrected chi connectivity index (χ2v) is 11.7. The van der Waals surface area contributed by atoms with Crippen molar-refractivity contribution in [2.24, 2.45) is 0 Å². The minimum absolute atomic E-state index is 0.00942. The van der Waals surface area contributed by atoms with E-state index in [9.17, 15) is 9.18 Å². The van der Waals surface area contributed by atoms with Crippen LogP contribution in [0.25, 0.3) is 0 Å². The second kappa shape index (κ2) is 15.5. The maximum absolute atomic E-state index is 15.0. The first-order valence-corrected chi connectivity index (χ1v) is 15.9. The van der Waals surface area contributed by atoms with Gasteiger partial charge in [0.05, 0.1) is 12.7 Å². The van der Waals surface area contributed by atoms with Crippen LogP contribution in [0.15, 0.2) is 66.9 Å². The third-order valence-electron chi connectivity index (χ3n) is 7.65. The predicted octanol–water partition coefficient (Wildman–Crippen LogP) is 8.06. The first-order chi connectivity index (χ1) is 22.3. The largest absolute Gasteiger partial charge is 0.490 e. The van der Waals surface area contributed by atoms with Crippen molar-refractivity contribution >= 4 is 23.2 Å². The molecule has 2 N–H and O–H groups in total. The molecule has 3 aromatic carbocycles. The number of carbonyl (C=O) groups is 1. The van der Waals surface area contributed by atoms with Gasteiger partial charge in [-0.05, 0) is 95.4 Å². The number of piperidine rings is 1. The average Bonchev–Trinajstić information content (AvgIpc) is 3.03. The van der Waals surface area contributed by atoms with Crippen molar-refractivity contribution in [3.63, 3.8) is 0 Å². The number of halogens is 1. The molecule has 2 heterocycles. The lowest BCUT2D eigenvalue weighted by Gasteiger charge is -2.26. The summed E-state index contributed by atoms with van der Waals surface area (Å²) in [6, 6.07) is 17.6. The molecule has 4 aromatic rings. The van der Waals surface area contributed by atoms with Crippen molar-refractivity contribution in [3.8, 4) is 23.1 Å². The number of rotatable bonds is 13. The number of ether oxygens (including phenoxy) is 3. The van der Waals surface area contributed by atoms with Crippen molar-refractivity contribution < 1.29 is 23.4 Å². The van der Waals surface area contributed by atoms with Crippen molar-refractivity contribution in [3.05, 3.63) is 89.4 Å². The Balaban J connectivity index is 1.34. The van der Waals surface area contributed by atoms with Gasteiger partial charge in [-0.25, -0.2) is 9.37 Å². The Hall–Kier alpha value is -4.70. The normalized spacial score (nSPS) is 13.3. The molecule has 0 radical (unpaired) electrons. The van der Waals surface area contributed by atoms with Crippen LogP contribution in [0, 0.1) is 19.7 Å². The van der Waals surface area contributed by atoms with Crippen LogP contribution in [0.3, 0.4) is 0 Å². The molecular weight excluding hydrogens is 585 g/mol. The van der Waals surface area contributed by atoms with Crippen molar-refractivity contribution in [1.29, 1.82) is 0 Å². The molecule has 0 bridgehead atoms. The number of anilines is 3. The lowest BCUT2D eigenvalue weighted by molar-refractivity contribution is 0.102. The summed E-state index contributed by atoms with van der Waals surface area (Å²) in [6.07, 6.45) is 5.90. The Labute approximate surface area is 270 Å².